The second-order valence-corrected chi connectivity index (χ2v) is 8.63. The number of nitrogens with zero attached hydrogens (tertiary/aromatic N) is 3. The molecule has 29 heavy (non-hydrogen) atoms. The molecular formula is C23H36N4O2. The van der Waals surface area contributed by atoms with Gasteiger partial charge in [0.2, 0.25) is 5.91 Å². The Morgan fingerprint density at radius 2 is 1.45 bits per heavy atom. The van der Waals surface area contributed by atoms with Gasteiger partial charge in [-0.1, -0.05) is 0 Å². The minimum absolute atomic E-state index is 0.0278. The molecule has 2 aliphatic rings. The van der Waals surface area contributed by atoms with Gasteiger partial charge >= 0.3 is 0 Å². The first-order valence-electron chi connectivity index (χ1n) is 11.0. The lowest BCUT2D eigenvalue weighted by atomic mass is 10.1. The van der Waals surface area contributed by atoms with Gasteiger partial charge in [-0.25, -0.2) is 0 Å². The number of piperazine rings is 1. The van der Waals surface area contributed by atoms with E-state index in [1.54, 1.807) is 31.2 Å². The summed E-state index contributed by atoms with van der Waals surface area (Å²) in [6.45, 7) is 13.6. The fraction of sp³-hybridized carbons (Fsp3) is 0.652. The Balaban J connectivity index is 1.32. The zero-order valence-corrected chi connectivity index (χ0v) is 18.2. The van der Waals surface area contributed by atoms with Crippen LogP contribution >= 0.6 is 0 Å². The summed E-state index contributed by atoms with van der Waals surface area (Å²) in [6.07, 6.45) is 3.16. The molecule has 1 aromatic rings. The van der Waals surface area contributed by atoms with Gasteiger partial charge in [0, 0.05) is 75.6 Å². The summed E-state index contributed by atoms with van der Waals surface area (Å²) in [5, 5.41) is 2.92. The average Bonchev–Trinajstić information content (AvgIpc) is 3.03. The van der Waals surface area contributed by atoms with Gasteiger partial charge in [0.25, 0.3) is 0 Å². The van der Waals surface area contributed by atoms with Crippen molar-refractivity contribution >= 4 is 17.4 Å². The lowest BCUT2D eigenvalue weighted by Gasteiger charge is -2.36. The highest BCUT2D eigenvalue weighted by molar-refractivity contribution is 5.95. The van der Waals surface area contributed by atoms with E-state index in [9.17, 15) is 9.59 Å². The number of hydrogen-bond acceptors (Lipinski definition) is 5. The molecule has 2 heterocycles. The third-order valence-electron chi connectivity index (χ3n) is 6.50. The van der Waals surface area contributed by atoms with Crippen LogP contribution < -0.4 is 5.32 Å². The predicted octanol–water partition coefficient (Wildman–Crippen LogP) is 2.71. The molecular weight excluding hydrogens is 364 g/mol. The van der Waals surface area contributed by atoms with E-state index in [2.05, 4.69) is 33.9 Å². The summed E-state index contributed by atoms with van der Waals surface area (Å²) in [5.74, 6) is 0.0616. The Bertz CT molecular complexity index is 673. The first-order chi connectivity index (χ1) is 13.9. The Labute approximate surface area is 175 Å². The Hall–Kier alpha value is -1.76. The Morgan fingerprint density at radius 1 is 0.897 bits per heavy atom. The number of amides is 1. The van der Waals surface area contributed by atoms with Crippen LogP contribution in [0.3, 0.4) is 0 Å². The topological polar surface area (TPSA) is 55.9 Å². The van der Waals surface area contributed by atoms with E-state index in [1.165, 1.54) is 19.4 Å². The van der Waals surface area contributed by atoms with Crippen molar-refractivity contribution in [2.75, 3.05) is 51.1 Å². The summed E-state index contributed by atoms with van der Waals surface area (Å²) in [6, 6.07) is 8.53. The van der Waals surface area contributed by atoms with Gasteiger partial charge in [-0.15, -0.1) is 0 Å². The molecule has 2 fully saturated rings. The summed E-state index contributed by atoms with van der Waals surface area (Å²) >= 11 is 0. The van der Waals surface area contributed by atoms with Crippen LogP contribution in [-0.4, -0.2) is 84.3 Å². The SMILES string of the molecule is CC(=O)c1ccc(NC(=O)CCN2CCN(CCN3C(C)CCC3C)CC2)cc1. The lowest BCUT2D eigenvalue weighted by molar-refractivity contribution is -0.116. The monoisotopic (exact) mass is 400 g/mol. The zero-order valence-electron chi connectivity index (χ0n) is 18.2. The van der Waals surface area contributed by atoms with Gasteiger partial charge in [-0.05, 0) is 57.9 Å². The van der Waals surface area contributed by atoms with Crippen LogP contribution in [0.1, 0.15) is 50.4 Å². The smallest absolute Gasteiger partial charge is 0.225 e. The van der Waals surface area contributed by atoms with Crippen LogP contribution in [0.25, 0.3) is 0 Å². The maximum absolute atomic E-state index is 12.2. The van der Waals surface area contributed by atoms with Gasteiger partial charge < -0.3 is 10.2 Å². The quantitative estimate of drug-likeness (QED) is 0.680. The van der Waals surface area contributed by atoms with E-state index >= 15 is 0 Å². The summed E-state index contributed by atoms with van der Waals surface area (Å²) in [5.41, 5.74) is 1.41. The van der Waals surface area contributed by atoms with Crippen LogP contribution in [0.15, 0.2) is 24.3 Å². The van der Waals surface area contributed by atoms with Crippen molar-refractivity contribution in [3.8, 4) is 0 Å². The molecule has 0 radical (unpaired) electrons. The summed E-state index contributed by atoms with van der Waals surface area (Å²) in [4.78, 5) is 31.1. The van der Waals surface area contributed by atoms with Crippen molar-refractivity contribution in [1.29, 1.82) is 0 Å². The number of nitrogens with one attached hydrogen (secondary N) is 1. The van der Waals surface area contributed by atoms with E-state index in [0.717, 1.165) is 57.0 Å². The predicted molar refractivity (Wildman–Crippen MR) is 117 cm³/mol. The molecule has 2 atom stereocenters. The molecule has 6 nitrogen and oxygen atoms in total. The highest BCUT2D eigenvalue weighted by Gasteiger charge is 2.27. The summed E-state index contributed by atoms with van der Waals surface area (Å²) < 4.78 is 0. The minimum atomic E-state index is 0.0278. The normalized spacial score (nSPS) is 24.0. The number of carbonyl (C=O) groups is 2. The van der Waals surface area contributed by atoms with Crippen LogP contribution in [0, 0.1) is 0 Å². The largest absolute Gasteiger partial charge is 0.326 e. The Kier molecular flexibility index (Phi) is 7.81. The molecule has 1 N–H and O–H groups in total. The molecule has 1 aromatic carbocycles. The molecule has 0 saturated carbocycles. The van der Waals surface area contributed by atoms with Gasteiger partial charge in [0.05, 0.1) is 0 Å². The molecule has 1 amide bonds. The number of anilines is 1. The number of rotatable bonds is 8. The number of ketones is 1. The number of benzene rings is 1. The second kappa shape index (κ2) is 10.3. The first kappa shape index (κ1) is 21.9. The number of Topliss-reactive ketones (excluding diaryl/α,β-unsaturated/α-hetero) is 1. The van der Waals surface area contributed by atoms with Crippen molar-refractivity contribution in [2.45, 2.75) is 52.1 Å². The molecule has 6 heteroatoms. The van der Waals surface area contributed by atoms with E-state index in [0.29, 0.717) is 12.0 Å². The van der Waals surface area contributed by atoms with Gasteiger partial charge in [0.1, 0.15) is 0 Å². The molecule has 3 rings (SSSR count). The number of carbonyl (C=O) groups excluding carboxylic acids is 2. The van der Waals surface area contributed by atoms with Crippen LogP contribution in [0.5, 0.6) is 0 Å². The second-order valence-electron chi connectivity index (χ2n) is 8.63. The maximum atomic E-state index is 12.2. The van der Waals surface area contributed by atoms with Gasteiger partial charge in [0.15, 0.2) is 5.78 Å². The zero-order chi connectivity index (χ0) is 20.8. The van der Waals surface area contributed by atoms with E-state index in [-0.39, 0.29) is 11.7 Å². The van der Waals surface area contributed by atoms with Crippen LogP contribution in [-0.2, 0) is 4.79 Å². The van der Waals surface area contributed by atoms with Crippen molar-refractivity contribution in [1.82, 2.24) is 14.7 Å². The van der Waals surface area contributed by atoms with E-state index < -0.39 is 0 Å². The summed E-state index contributed by atoms with van der Waals surface area (Å²) in [7, 11) is 0. The molecule has 0 aromatic heterocycles. The minimum Gasteiger partial charge on any atom is -0.326 e. The van der Waals surface area contributed by atoms with E-state index in [4.69, 9.17) is 0 Å². The van der Waals surface area contributed by atoms with Crippen LogP contribution in [0.4, 0.5) is 5.69 Å². The highest BCUT2D eigenvalue weighted by Crippen LogP contribution is 2.22. The molecule has 2 saturated heterocycles. The molecule has 2 unspecified atom stereocenters. The van der Waals surface area contributed by atoms with Gasteiger partial charge in [-0.3, -0.25) is 19.4 Å². The van der Waals surface area contributed by atoms with Crippen molar-refractivity contribution in [3.63, 3.8) is 0 Å². The molecule has 0 spiro atoms. The van der Waals surface area contributed by atoms with E-state index in [1.807, 2.05) is 0 Å². The standard InChI is InChI=1S/C23H36N4O2/c1-18-4-5-19(2)27(18)17-16-26-14-12-25(13-15-26)11-10-23(29)24-22-8-6-21(7-9-22)20(3)28/h6-9,18-19H,4-5,10-17H2,1-3H3,(H,24,29). The van der Waals surface area contributed by atoms with Gasteiger partial charge in [-0.2, -0.15) is 0 Å². The maximum Gasteiger partial charge on any atom is 0.225 e. The molecule has 160 valence electrons. The highest BCUT2D eigenvalue weighted by atomic mass is 16.1. The van der Waals surface area contributed by atoms with Crippen LogP contribution in [0.2, 0.25) is 0 Å². The fourth-order valence-electron chi connectivity index (χ4n) is 4.45. The first-order valence-corrected chi connectivity index (χ1v) is 11.0. The number of likely N-dealkylation sites (tertiary alicyclic amines) is 1. The number of hydrogen-bond donors (Lipinski definition) is 1. The lowest BCUT2D eigenvalue weighted by Crippen LogP contribution is -2.49. The van der Waals surface area contributed by atoms with Crippen molar-refractivity contribution in [2.24, 2.45) is 0 Å². The molecule has 0 bridgehead atoms. The fourth-order valence-corrected chi connectivity index (χ4v) is 4.45. The third-order valence-corrected chi connectivity index (χ3v) is 6.50. The van der Waals surface area contributed by atoms with Crippen molar-refractivity contribution in [3.05, 3.63) is 29.8 Å². The average molecular weight is 401 g/mol. The molecule has 0 aliphatic carbocycles. The molecule has 2 aliphatic heterocycles. The van der Waals surface area contributed by atoms with Crippen molar-refractivity contribution < 1.29 is 9.59 Å². The Morgan fingerprint density at radius 3 is 2.00 bits per heavy atom. The third kappa shape index (κ3) is 6.36.